The standard InChI is InChI=1S/C37H47N3O5/c1-6-8-9-10-11-12-17-35(41)39(25-24-28-18-23-33(43-4)34(26-28)44-5)27(3)36-38-32-16-14-13-15-31(32)37(42)40(36)29-19-21-30(22-20-29)45-7-2/h13-16,18-23,26-27H,6-12,17,24-25H2,1-5H3. The van der Waals surface area contributed by atoms with Crippen molar-refractivity contribution < 1.29 is 19.0 Å². The van der Waals surface area contributed by atoms with Crippen LogP contribution in [0.15, 0.2) is 71.5 Å². The number of para-hydroxylation sites is 1. The number of aromatic nitrogens is 2. The molecule has 0 radical (unpaired) electrons. The number of ether oxygens (including phenoxy) is 3. The maximum absolute atomic E-state index is 14.0. The number of hydrogen-bond donors (Lipinski definition) is 0. The highest BCUT2D eigenvalue weighted by atomic mass is 16.5. The predicted octanol–water partition coefficient (Wildman–Crippen LogP) is 7.68. The highest BCUT2D eigenvalue weighted by Crippen LogP contribution is 2.29. The summed E-state index contributed by atoms with van der Waals surface area (Å²) in [5.74, 6) is 2.60. The monoisotopic (exact) mass is 613 g/mol. The van der Waals surface area contributed by atoms with Gasteiger partial charge in [-0.15, -0.1) is 0 Å². The fourth-order valence-electron chi connectivity index (χ4n) is 5.70. The van der Waals surface area contributed by atoms with Crippen molar-refractivity contribution in [1.82, 2.24) is 14.5 Å². The van der Waals surface area contributed by atoms with Gasteiger partial charge >= 0.3 is 0 Å². The number of amides is 1. The quantitative estimate of drug-likeness (QED) is 0.114. The molecule has 240 valence electrons. The highest BCUT2D eigenvalue weighted by Gasteiger charge is 2.27. The lowest BCUT2D eigenvalue weighted by Gasteiger charge is -2.31. The molecule has 1 unspecified atom stereocenters. The van der Waals surface area contributed by atoms with Crippen LogP contribution in [0.1, 0.15) is 83.1 Å². The number of carbonyl (C=O) groups is 1. The maximum Gasteiger partial charge on any atom is 0.266 e. The Morgan fingerprint density at radius 3 is 2.31 bits per heavy atom. The van der Waals surface area contributed by atoms with Gasteiger partial charge in [0.25, 0.3) is 5.56 Å². The molecule has 4 rings (SSSR count). The van der Waals surface area contributed by atoms with Gasteiger partial charge in [0, 0.05) is 13.0 Å². The Morgan fingerprint density at radius 1 is 0.889 bits per heavy atom. The first-order valence-electron chi connectivity index (χ1n) is 16.2. The van der Waals surface area contributed by atoms with E-state index in [9.17, 15) is 9.59 Å². The number of unbranched alkanes of at least 4 members (excludes halogenated alkanes) is 5. The zero-order valence-electron chi connectivity index (χ0n) is 27.4. The van der Waals surface area contributed by atoms with Gasteiger partial charge in [-0.05, 0) is 80.8 Å². The van der Waals surface area contributed by atoms with Crippen LogP contribution in [0.25, 0.3) is 16.6 Å². The Bertz CT molecular complexity index is 1600. The first-order chi connectivity index (χ1) is 21.9. The molecular formula is C37H47N3O5. The van der Waals surface area contributed by atoms with Gasteiger partial charge in [-0.25, -0.2) is 4.98 Å². The average molecular weight is 614 g/mol. The van der Waals surface area contributed by atoms with Gasteiger partial charge in [0.15, 0.2) is 11.5 Å². The summed E-state index contributed by atoms with van der Waals surface area (Å²) >= 11 is 0. The Hall–Kier alpha value is -4.33. The lowest BCUT2D eigenvalue weighted by atomic mass is 10.1. The third-order valence-corrected chi connectivity index (χ3v) is 8.20. The third-order valence-electron chi connectivity index (χ3n) is 8.20. The van der Waals surface area contributed by atoms with E-state index in [1.54, 1.807) is 24.9 Å². The Labute approximate surface area is 267 Å². The molecule has 8 heteroatoms. The SMILES string of the molecule is CCCCCCCCC(=O)N(CCc1ccc(OC)c(OC)c1)C(C)c1nc2ccccc2c(=O)n1-c1ccc(OCC)cc1. The summed E-state index contributed by atoms with van der Waals surface area (Å²) in [6.07, 6.45) is 7.64. The third kappa shape index (κ3) is 8.44. The minimum Gasteiger partial charge on any atom is -0.494 e. The topological polar surface area (TPSA) is 82.9 Å². The molecule has 1 atom stereocenters. The molecule has 0 spiro atoms. The lowest BCUT2D eigenvalue weighted by molar-refractivity contribution is -0.133. The Kier molecular flexibility index (Phi) is 12.4. The number of hydrogen-bond acceptors (Lipinski definition) is 6. The summed E-state index contributed by atoms with van der Waals surface area (Å²) in [7, 11) is 3.23. The minimum atomic E-state index is -0.471. The fraction of sp³-hybridized carbons (Fsp3) is 0.432. The first-order valence-corrected chi connectivity index (χ1v) is 16.2. The predicted molar refractivity (Wildman–Crippen MR) is 180 cm³/mol. The van der Waals surface area contributed by atoms with E-state index in [1.165, 1.54) is 19.3 Å². The van der Waals surface area contributed by atoms with E-state index < -0.39 is 6.04 Å². The summed E-state index contributed by atoms with van der Waals surface area (Å²) < 4.78 is 18.2. The van der Waals surface area contributed by atoms with Crippen molar-refractivity contribution in [3.8, 4) is 22.9 Å². The molecule has 0 aliphatic carbocycles. The largest absolute Gasteiger partial charge is 0.494 e. The van der Waals surface area contributed by atoms with E-state index >= 15 is 0 Å². The molecule has 0 aliphatic heterocycles. The van der Waals surface area contributed by atoms with Gasteiger partial charge in [0.05, 0.1) is 43.5 Å². The van der Waals surface area contributed by atoms with Crippen molar-refractivity contribution in [3.63, 3.8) is 0 Å². The van der Waals surface area contributed by atoms with Gasteiger partial charge in [0.1, 0.15) is 11.6 Å². The molecule has 1 aromatic heterocycles. The van der Waals surface area contributed by atoms with Crippen molar-refractivity contribution in [2.75, 3.05) is 27.4 Å². The molecule has 4 aromatic rings. The molecule has 3 aromatic carbocycles. The van der Waals surface area contributed by atoms with E-state index in [1.807, 2.05) is 79.4 Å². The van der Waals surface area contributed by atoms with E-state index in [0.29, 0.717) is 59.9 Å². The van der Waals surface area contributed by atoms with E-state index in [4.69, 9.17) is 19.2 Å². The van der Waals surface area contributed by atoms with E-state index in [-0.39, 0.29) is 11.5 Å². The Balaban J connectivity index is 1.71. The second-order valence-electron chi connectivity index (χ2n) is 11.3. The molecule has 0 saturated heterocycles. The van der Waals surface area contributed by atoms with Crippen LogP contribution in [0, 0.1) is 0 Å². The van der Waals surface area contributed by atoms with Gasteiger partial charge in [-0.2, -0.15) is 0 Å². The van der Waals surface area contributed by atoms with Crippen molar-refractivity contribution >= 4 is 16.8 Å². The zero-order chi connectivity index (χ0) is 32.2. The molecule has 0 N–H and O–H groups in total. The number of nitrogens with zero attached hydrogens (tertiary/aromatic N) is 3. The van der Waals surface area contributed by atoms with Crippen molar-refractivity contribution in [3.05, 3.63) is 88.5 Å². The molecular weight excluding hydrogens is 566 g/mol. The normalized spacial score (nSPS) is 11.8. The lowest BCUT2D eigenvalue weighted by Crippen LogP contribution is -2.38. The number of methoxy groups -OCH3 is 2. The molecule has 45 heavy (non-hydrogen) atoms. The molecule has 1 amide bonds. The van der Waals surface area contributed by atoms with E-state index in [0.717, 1.165) is 30.6 Å². The molecule has 0 saturated carbocycles. The first kappa shape index (κ1) is 33.6. The molecule has 0 aliphatic rings. The smallest absolute Gasteiger partial charge is 0.266 e. The summed E-state index contributed by atoms with van der Waals surface area (Å²) in [5, 5.41) is 0.526. The second-order valence-corrected chi connectivity index (χ2v) is 11.3. The number of carbonyl (C=O) groups excluding carboxylic acids is 1. The van der Waals surface area contributed by atoms with Crippen LogP contribution in [0.4, 0.5) is 0 Å². The molecule has 8 nitrogen and oxygen atoms in total. The average Bonchev–Trinajstić information content (AvgIpc) is 3.06. The number of benzene rings is 3. The van der Waals surface area contributed by atoms with Crippen molar-refractivity contribution in [2.24, 2.45) is 0 Å². The van der Waals surface area contributed by atoms with Crippen LogP contribution in [0.5, 0.6) is 17.2 Å². The molecule has 0 fully saturated rings. The number of rotatable bonds is 17. The van der Waals surface area contributed by atoms with E-state index in [2.05, 4.69) is 6.92 Å². The summed E-state index contributed by atoms with van der Waals surface area (Å²) in [5.41, 5.74) is 2.13. The summed E-state index contributed by atoms with van der Waals surface area (Å²) in [4.78, 5) is 34.9. The summed E-state index contributed by atoms with van der Waals surface area (Å²) in [6, 6.07) is 20.2. The van der Waals surface area contributed by atoms with Crippen molar-refractivity contribution in [2.45, 2.75) is 78.2 Å². The van der Waals surface area contributed by atoms with Crippen LogP contribution in [0.2, 0.25) is 0 Å². The Morgan fingerprint density at radius 2 is 1.60 bits per heavy atom. The molecule has 1 heterocycles. The number of fused-ring (bicyclic) bond motifs is 1. The summed E-state index contributed by atoms with van der Waals surface area (Å²) in [6.45, 7) is 7.11. The van der Waals surface area contributed by atoms with Crippen LogP contribution >= 0.6 is 0 Å². The zero-order valence-corrected chi connectivity index (χ0v) is 27.4. The van der Waals surface area contributed by atoms with Crippen LogP contribution < -0.4 is 19.8 Å². The van der Waals surface area contributed by atoms with Crippen LogP contribution in [-0.4, -0.2) is 47.7 Å². The van der Waals surface area contributed by atoms with Gasteiger partial charge in [0.2, 0.25) is 5.91 Å². The van der Waals surface area contributed by atoms with Crippen LogP contribution in [0.3, 0.4) is 0 Å². The van der Waals surface area contributed by atoms with Crippen LogP contribution in [-0.2, 0) is 11.2 Å². The van der Waals surface area contributed by atoms with Gasteiger partial charge in [-0.3, -0.25) is 14.2 Å². The van der Waals surface area contributed by atoms with Gasteiger partial charge < -0.3 is 19.1 Å². The van der Waals surface area contributed by atoms with Gasteiger partial charge in [-0.1, -0.05) is 57.2 Å². The second kappa shape index (κ2) is 16.7. The minimum absolute atomic E-state index is 0.0547. The highest BCUT2D eigenvalue weighted by molar-refractivity contribution is 5.79. The maximum atomic E-state index is 14.0. The fourth-order valence-corrected chi connectivity index (χ4v) is 5.70. The molecule has 0 bridgehead atoms. The van der Waals surface area contributed by atoms with Crippen molar-refractivity contribution in [1.29, 1.82) is 0 Å².